The van der Waals surface area contributed by atoms with Gasteiger partial charge in [0.05, 0.1) is 24.2 Å². The van der Waals surface area contributed by atoms with Crippen molar-refractivity contribution in [2.75, 3.05) is 39.3 Å². The van der Waals surface area contributed by atoms with Crippen molar-refractivity contribution >= 4 is 23.6 Å². The first-order valence-corrected chi connectivity index (χ1v) is 17.4. The second-order valence-electron chi connectivity index (χ2n) is 15.4. The van der Waals surface area contributed by atoms with E-state index in [0.717, 1.165) is 57.1 Å². The number of nitrogens with one attached hydrogen (secondary N) is 1. The van der Waals surface area contributed by atoms with E-state index in [4.69, 9.17) is 0 Å². The number of nitrogens with zero attached hydrogens (tertiary/aromatic N) is 5. The average Bonchev–Trinajstić information content (AvgIpc) is 3.36. The van der Waals surface area contributed by atoms with Crippen LogP contribution in [0.4, 0.5) is 0 Å². The van der Waals surface area contributed by atoms with Gasteiger partial charge in [-0.1, -0.05) is 63.4 Å². The molecule has 3 saturated heterocycles. The maximum Gasteiger partial charge on any atom is 0.257 e. The van der Waals surface area contributed by atoms with Crippen LogP contribution in [-0.4, -0.2) is 93.4 Å². The third-order valence-corrected chi connectivity index (χ3v) is 11.5. The fourth-order valence-electron chi connectivity index (χ4n) is 8.50. The Hall–Kier alpha value is -3.69. The predicted molar refractivity (Wildman–Crippen MR) is 172 cm³/mol. The number of hydrogen-bond acceptors (Lipinski definition) is 5. The molecule has 0 radical (unpaired) electrons. The summed E-state index contributed by atoms with van der Waals surface area (Å²) in [6.07, 6.45) is 11.4. The molecule has 1 aromatic heterocycles. The molecule has 7 rings (SSSR count). The molecule has 1 aromatic carbocycles. The Labute approximate surface area is 271 Å². The molecular weight excluding hydrogens is 580 g/mol. The first-order chi connectivity index (χ1) is 22.1. The van der Waals surface area contributed by atoms with E-state index in [-0.39, 0.29) is 46.9 Å². The Balaban J connectivity index is 1.03. The Morgan fingerprint density at radius 3 is 2.28 bits per heavy atom. The second-order valence-corrected chi connectivity index (χ2v) is 15.4. The van der Waals surface area contributed by atoms with Crippen LogP contribution in [0.15, 0.2) is 42.7 Å². The summed E-state index contributed by atoms with van der Waals surface area (Å²) in [4.78, 5) is 60.1. The van der Waals surface area contributed by atoms with Gasteiger partial charge in [0.25, 0.3) is 5.91 Å². The van der Waals surface area contributed by atoms with Crippen LogP contribution in [0, 0.1) is 28.6 Å². The summed E-state index contributed by atoms with van der Waals surface area (Å²) in [7, 11) is 0. The highest BCUT2D eigenvalue weighted by atomic mass is 16.2. The topological polar surface area (TPSA) is 108 Å². The highest BCUT2D eigenvalue weighted by Gasteiger charge is 2.62. The molecule has 246 valence electrons. The maximum absolute atomic E-state index is 14.1. The number of rotatable bonds is 7. The number of aromatic nitrogens is 2. The van der Waals surface area contributed by atoms with Crippen LogP contribution in [0.3, 0.4) is 0 Å². The van der Waals surface area contributed by atoms with Crippen LogP contribution in [0.1, 0.15) is 81.1 Å². The van der Waals surface area contributed by atoms with Gasteiger partial charge in [-0.2, -0.15) is 5.10 Å². The van der Waals surface area contributed by atoms with Crippen LogP contribution in [-0.2, 0) is 20.9 Å². The van der Waals surface area contributed by atoms with Crippen molar-refractivity contribution in [2.45, 2.75) is 77.8 Å². The number of hydrogen-bond donors (Lipinski definition) is 1. The highest BCUT2D eigenvalue weighted by molar-refractivity contribution is 5.95. The van der Waals surface area contributed by atoms with Crippen molar-refractivity contribution in [1.29, 1.82) is 0 Å². The van der Waals surface area contributed by atoms with Crippen molar-refractivity contribution in [3.05, 3.63) is 53.9 Å². The summed E-state index contributed by atoms with van der Waals surface area (Å²) >= 11 is 0. The van der Waals surface area contributed by atoms with Gasteiger partial charge in [0.15, 0.2) is 0 Å². The first-order valence-electron chi connectivity index (χ1n) is 17.4. The van der Waals surface area contributed by atoms with Gasteiger partial charge in [-0.05, 0) is 43.1 Å². The van der Waals surface area contributed by atoms with Crippen LogP contribution in [0.2, 0.25) is 0 Å². The normalized spacial score (nSPS) is 26.9. The first kappa shape index (κ1) is 30.9. The molecule has 5 fully saturated rings. The number of benzene rings is 1. The molecule has 46 heavy (non-hydrogen) atoms. The molecule has 2 aromatic rings. The predicted octanol–water partition coefficient (Wildman–Crippen LogP) is 3.57. The lowest BCUT2D eigenvalue weighted by molar-refractivity contribution is -0.151. The van der Waals surface area contributed by atoms with Crippen LogP contribution in [0.25, 0.3) is 0 Å². The summed E-state index contributed by atoms with van der Waals surface area (Å²) < 4.78 is 1.77. The summed E-state index contributed by atoms with van der Waals surface area (Å²) in [5.74, 6) is -0.0384. The molecule has 1 N–H and O–H groups in total. The number of carbonyl (C=O) groups is 4. The molecule has 3 aliphatic heterocycles. The average molecular weight is 629 g/mol. The van der Waals surface area contributed by atoms with E-state index in [0.29, 0.717) is 44.8 Å². The number of likely N-dealkylation sites (tertiary alicyclic amines) is 3. The monoisotopic (exact) mass is 628 g/mol. The van der Waals surface area contributed by atoms with Crippen LogP contribution >= 0.6 is 0 Å². The molecule has 4 amide bonds. The second kappa shape index (κ2) is 12.2. The summed E-state index contributed by atoms with van der Waals surface area (Å²) in [6.45, 7) is 7.85. The smallest absolute Gasteiger partial charge is 0.257 e. The van der Waals surface area contributed by atoms with Crippen LogP contribution < -0.4 is 5.32 Å². The molecule has 2 aliphatic carbocycles. The van der Waals surface area contributed by atoms with Gasteiger partial charge in [-0.15, -0.1) is 0 Å². The van der Waals surface area contributed by atoms with Gasteiger partial charge in [-0.3, -0.25) is 23.9 Å². The van der Waals surface area contributed by atoms with Crippen molar-refractivity contribution in [1.82, 2.24) is 29.8 Å². The lowest BCUT2D eigenvalue weighted by Gasteiger charge is -2.50. The fourth-order valence-corrected chi connectivity index (χ4v) is 8.50. The zero-order valence-corrected chi connectivity index (χ0v) is 27.3. The Morgan fingerprint density at radius 2 is 1.57 bits per heavy atom. The zero-order valence-electron chi connectivity index (χ0n) is 27.3. The highest BCUT2D eigenvalue weighted by Crippen LogP contribution is 2.54. The molecule has 4 heterocycles. The van der Waals surface area contributed by atoms with Gasteiger partial charge in [0.1, 0.15) is 0 Å². The van der Waals surface area contributed by atoms with E-state index in [1.54, 1.807) is 22.0 Å². The van der Waals surface area contributed by atoms with Gasteiger partial charge in [0.2, 0.25) is 17.7 Å². The minimum atomic E-state index is -0.471. The summed E-state index contributed by atoms with van der Waals surface area (Å²) in [6, 6.07) is 9.89. The Kier molecular flexibility index (Phi) is 8.18. The third kappa shape index (κ3) is 6.07. The van der Waals surface area contributed by atoms with E-state index < -0.39 is 11.3 Å². The lowest BCUT2D eigenvalue weighted by atomic mass is 9.70. The maximum atomic E-state index is 14.1. The zero-order chi connectivity index (χ0) is 32.1. The van der Waals surface area contributed by atoms with E-state index in [1.165, 1.54) is 6.42 Å². The number of carbonyl (C=O) groups excluding carboxylic acids is 4. The van der Waals surface area contributed by atoms with Gasteiger partial charge in [-0.25, -0.2) is 0 Å². The molecule has 1 spiro atoms. The largest absolute Gasteiger partial charge is 0.351 e. The third-order valence-electron chi connectivity index (χ3n) is 11.5. The van der Waals surface area contributed by atoms with Crippen molar-refractivity contribution in [3.63, 3.8) is 0 Å². The number of piperidine rings is 1. The Bertz CT molecular complexity index is 1470. The molecule has 3 atom stereocenters. The molecule has 10 heteroatoms. The minimum Gasteiger partial charge on any atom is -0.351 e. The fraction of sp³-hybridized carbons (Fsp3) is 0.639. The van der Waals surface area contributed by atoms with E-state index >= 15 is 0 Å². The van der Waals surface area contributed by atoms with E-state index in [9.17, 15) is 19.2 Å². The van der Waals surface area contributed by atoms with Crippen LogP contribution in [0.5, 0.6) is 0 Å². The van der Waals surface area contributed by atoms with Gasteiger partial charge < -0.3 is 20.0 Å². The molecule has 0 unspecified atom stereocenters. The molecule has 5 aliphatic rings. The number of amides is 4. The van der Waals surface area contributed by atoms with Gasteiger partial charge in [0, 0.05) is 68.8 Å². The molecular formula is C36H48N6O4. The molecule has 0 bridgehead atoms. The SMILES string of the molecule is CC1(C)C[C@@H]1C(=O)N1CC2(CN(C(=O)c3cnn(Cc4ccccc4)c3)C[C@H]2C(=O)N[C@H]2CCCN(C(=O)C3CCCCC3)C2)C1. The van der Waals surface area contributed by atoms with E-state index in [1.807, 2.05) is 40.1 Å². The van der Waals surface area contributed by atoms with Crippen molar-refractivity contribution in [3.8, 4) is 0 Å². The standard InChI is InChI=1S/C36H48N6O4/c1-35(2)16-29(35)34(46)41-23-36(24-41)22-40(33(45)27-17-37-42(19-27)18-25-10-5-3-6-11-25)21-30(36)31(43)38-28-14-9-15-39(20-28)32(44)26-12-7-4-8-13-26/h3,5-6,10-11,17,19,26,28-30H,4,7-9,12-16,18,20-24H2,1-2H3,(H,38,43)/t28-,29+,30-/m0/s1. The quantitative estimate of drug-likeness (QED) is 0.505. The molecule has 10 nitrogen and oxygen atoms in total. The summed E-state index contributed by atoms with van der Waals surface area (Å²) in [5.41, 5.74) is 1.17. The Morgan fingerprint density at radius 1 is 0.848 bits per heavy atom. The summed E-state index contributed by atoms with van der Waals surface area (Å²) in [5, 5.41) is 7.75. The molecule has 2 saturated carbocycles. The van der Waals surface area contributed by atoms with Crippen molar-refractivity contribution in [2.24, 2.45) is 28.6 Å². The van der Waals surface area contributed by atoms with Crippen molar-refractivity contribution < 1.29 is 19.2 Å². The van der Waals surface area contributed by atoms with E-state index in [2.05, 4.69) is 24.3 Å². The lowest BCUT2D eigenvalue weighted by Crippen LogP contribution is -2.65. The minimum absolute atomic E-state index is 0.0378. The van der Waals surface area contributed by atoms with Gasteiger partial charge >= 0.3 is 0 Å².